The van der Waals surface area contributed by atoms with E-state index in [2.05, 4.69) is 26.2 Å². The number of para-hydroxylation sites is 1. The molecule has 0 aliphatic carbocycles. The highest BCUT2D eigenvalue weighted by atomic mass is 35.5. The van der Waals surface area contributed by atoms with Gasteiger partial charge in [0.05, 0.1) is 11.1 Å². The minimum absolute atomic E-state index is 0.00605. The van der Waals surface area contributed by atoms with Gasteiger partial charge in [0, 0.05) is 5.39 Å². The van der Waals surface area contributed by atoms with Crippen LogP contribution in [0.3, 0.4) is 0 Å². The molecule has 0 aliphatic heterocycles. The molecule has 0 radical (unpaired) electrons. The largest absolute Gasteiger partial charge is 0.458 e. The second-order valence-electron chi connectivity index (χ2n) is 5.79. The van der Waals surface area contributed by atoms with Crippen molar-refractivity contribution in [2.75, 3.05) is 0 Å². The number of benzene rings is 1. The van der Waals surface area contributed by atoms with Crippen molar-refractivity contribution in [1.29, 1.82) is 0 Å². The second kappa shape index (κ2) is 4.92. The number of fused-ring (bicyclic) bond motifs is 1. The van der Waals surface area contributed by atoms with Gasteiger partial charge in [-0.05, 0) is 24.0 Å². The zero-order chi connectivity index (χ0) is 13.3. The van der Waals surface area contributed by atoms with Crippen LogP contribution in [0.4, 0.5) is 0 Å². The molecular weight excluding hydrogens is 248 g/mol. The van der Waals surface area contributed by atoms with E-state index >= 15 is 0 Å². The van der Waals surface area contributed by atoms with E-state index in [1.807, 2.05) is 24.3 Å². The van der Waals surface area contributed by atoms with Gasteiger partial charge in [-0.1, -0.05) is 44.5 Å². The van der Waals surface area contributed by atoms with E-state index in [1.165, 1.54) is 0 Å². The Balaban J connectivity index is 2.37. The molecule has 0 saturated carbocycles. The first kappa shape index (κ1) is 13.4. The molecule has 2 rings (SSSR count). The predicted molar refractivity (Wildman–Crippen MR) is 75.4 cm³/mol. The van der Waals surface area contributed by atoms with Crippen LogP contribution in [-0.2, 0) is 0 Å². The third kappa shape index (κ3) is 2.86. The van der Waals surface area contributed by atoms with Crippen LogP contribution in [0.1, 0.15) is 39.0 Å². The molecule has 1 aromatic carbocycles. The fourth-order valence-corrected chi connectivity index (χ4v) is 2.29. The number of nitrogens with one attached hydrogen (secondary N) is 1. The Morgan fingerprint density at radius 3 is 2.67 bits per heavy atom. The van der Waals surface area contributed by atoms with Crippen LogP contribution in [0.15, 0.2) is 28.7 Å². The summed E-state index contributed by atoms with van der Waals surface area (Å²) in [5, 5.41) is 1.64. The van der Waals surface area contributed by atoms with Crippen molar-refractivity contribution in [3.8, 4) is 0 Å². The van der Waals surface area contributed by atoms with Gasteiger partial charge in [0.2, 0.25) is 0 Å². The minimum atomic E-state index is -0.00605. The predicted octanol–water partition coefficient (Wildman–Crippen LogP) is 4.03. The molecule has 4 heteroatoms. The van der Waals surface area contributed by atoms with Crippen LogP contribution in [-0.4, -0.2) is 0 Å². The quantitative estimate of drug-likeness (QED) is 0.651. The molecule has 18 heavy (non-hydrogen) atoms. The van der Waals surface area contributed by atoms with Crippen molar-refractivity contribution >= 4 is 22.6 Å². The summed E-state index contributed by atoms with van der Waals surface area (Å²) in [6, 6.07) is 7.72. The lowest BCUT2D eigenvalue weighted by Crippen LogP contribution is -2.30. The maximum Gasteiger partial charge on any atom is 0.152 e. The highest BCUT2D eigenvalue weighted by molar-refractivity contribution is 6.34. The van der Waals surface area contributed by atoms with Crippen molar-refractivity contribution < 1.29 is 4.42 Å². The van der Waals surface area contributed by atoms with E-state index in [9.17, 15) is 0 Å². The third-order valence-electron chi connectivity index (χ3n) is 2.88. The first-order valence-electron chi connectivity index (χ1n) is 6.05. The molecule has 1 aromatic heterocycles. The lowest BCUT2D eigenvalue weighted by molar-refractivity contribution is 0.289. The topological polar surface area (TPSA) is 51.2 Å². The molecule has 1 heterocycles. The van der Waals surface area contributed by atoms with Crippen LogP contribution >= 0.6 is 11.6 Å². The van der Waals surface area contributed by atoms with Crippen molar-refractivity contribution in [2.45, 2.75) is 33.2 Å². The molecule has 0 amide bonds. The molecular formula is C14H19ClN2O. The summed E-state index contributed by atoms with van der Waals surface area (Å²) in [5.74, 6) is 6.46. The van der Waals surface area contributed by atoms with E-state index in [0.29, 0.717) is 5.02 Å². The van der Waals surface area contributed by atoms with E-state index in [4.69, 9.17) is 21.9 Å². The Hall–Kier alpha value is -1.03. The van der Waals surface area contributed by atoms with Crippen molar-refractivity contribution in [3.05, 3.63) is 35.0 Å². The molecule has 98 valence electrons. The Morgan fingerprint density at radius 2 is 2.11 bits per heavy atom. The van der Waals surface area contributed by atoms with E-state index in [-0.39, 0.29) is 11.5 Å². The van der Waals surface area contributed by atoms with Gasteiger partial charge in [-0.25, -0.2) is 5.43 Å². The SMILES string of the molecule is CC(C)(C)CC(NN)c1cc2cccc(Cl)c2o1. The van der Waals surface area contributed by atoms with Crippen LogP contribution < -0.4 is 11.3 Å². The van der Waals surface area contributed by atoms with Gasteiger partial charge in [-0.15, -0.1) is 0 Å². The molecule has 0 spiro atoms. The zero-order valence-electron chi connectivity index (χ0n) is 11.0. The number of rotatable bonds is 3. The normalized spacial score (nSPS) is 14.1. The Labute approximate surface area is 112 Å². The third-order valence-corrected chi connectivity index (χ3v) is 3.17. The average Bonchev–Trinajstić information content (AvgIpc) is 2.70. The fourth-order valence-electron chi connectivity index (χ4n) is 2.07. The molecule has 0 bridgehead atoms. The molecule has 0 fully saturated rings. The maximum atomic E-state index is 6.11. The van der Waals surface area contributed by atoms with Crippen LogP contribution in [0.5, 0.6) is 0 Å². The highest BCUT2D eigenvalue weighted by Crippen LogP contribution is 2.34. The summed E-state index contributed by atoms with van der Waals surface area (Å²) < 4.78 is 5.82. The Bertz CT molecular complexity index is 542. The Morgan fingerprint density at radius 1 is 1.39 bits per heavy atom. The van der Waals surface area contributed by atoms with Gasteiger partial charge < -0.3 is 4.42 Å². The Kier molecular flexibility index (Phi) is 3.66. The van der Waals surface area contributed by atoms with E-state index in [0.717, 1.165) is 23.2 Å². The zero-order valence-corrected chi connectivity index (χ0v) is 11.7. The standard InChI is InChI=1S/C14H19ClN2O/c1-14(2,3)8-11(17-16)12-7-9-5-4-6-10(15)13(9)18-12/h4-7,11,17H,8,16H2,1-3H3. The molecule has 2 aromatic rings. The minimum Gasteiger partial charge on any atom is -0.458 e. The first-order valence-corrected chi connectivity index (χ1v) is 6.42. The molecule has 0 aliphatic rings. The van der Waals surface area contributed by atoms with Gasteiger partial charge in [0.15, 0.2) is 5.58 Å². The van der Waals surface area contributed by atoms with Crippen molar-refractivity contribution in [1.82, 2.24) is 5.43 Å². The molecule has 0 saturated heterocycles. The summed E-state index contributed by atoms with van der Waals surface area (Å²) in [5.41, 5.74) is 3.71. The van der Waals surface area contributed by atoms with Gasteiger partial charge in [0.1, 0.15) is 5.76 Å². The smallest absolute Gasteiger partial charge is 0.152 e. The van der Waals surface area contributed by atoms with Gasteiger partial charge >= 0.3 is 0 Å². The van der Waals surface area contributed by atoms with Crippen LogP contribution in [0.2, 0.25) is 5.02 Å². The maximum absolute atomic E-state index is 6.11. The van der Waals surface area contributed by atoms with Crippen molar-refractivity contribution in [2.24, 2.45) is 11.3 Å². The number of nitrogens with two attached hydrogens (primary N) is 1. The number of hydrogen-bond donors (Lipinski definition) is 2. The van der Waals surface area contributed by atoms with Gasteiger partial charge in [-0.2, -0.15) is 0 Å². The van der Waals surface area contributed by atoms with E-state index in [1.54, 1.807) is 0 Å². The summed E-state index contributed by atoms with van der Waals surface area (Å²) >= 11 is 6.11. The number of furan rings is 1. The average molecular weight is 267 g/mol. The molecule has 1 atom stereocenters. The summed E-state index contributed by atoms with van der Waals surface area (Å²) in [4.78, 5) is 0. The van der Waals surface area contributed by atoms with Gasteiger partial charge in [-0.3, -0.25) is 5.84 Å². The first-order chi connectivity index (χ1) is 8.40. The number of hydrazine groups is 1. The highest BCUT2D eigenvalue weighted by Gasteiger charge is 2.22. The molecule has 3 nitrogen and oxygen atoms in total. The van der Waals surface area contributed by atoms with Crippen LogP contribution in [0, 0.1) is 5.41 Å². The fraction of sp³-hybridized carbons (Fsp3) is 0.429. The van der Waals surface area contributed by atoms with Crippen LogP contribution in [0.25, 0.3) is 11.0 Å². The monoisotopic (exact) mass is 266 g/mol. The summed E-state index contributed by atoms with van der Waals surface area (Å²) in [7, 11) is 0. The molecule has 3 N–H and O–H groups in total. The lowest BCUT2D eigenvalue weighted by Gasteiger charge is -2.23. The van der Waals surface area contributed by atoms with Gasteiger partial charge in [0.25, 0.3) is 0 Å². The second-order valence-corrected chi connectivity index (χ2v) is 6.20. The number of halogens is 1. The lowest BCUT2D eigenvalue weighted by atomic mass is 9.87. The molecule has 1 unspecified atom stereocenters. The van der Waals surface area contributed by atoms with Crippen molar-refractivity contribution in [3.63, 3.8) is 0 Å². The number of hydrogen-bond acceptors (Lipinski definition) is 3. The summed E-state index contributed by atoms with van der Waals surface area (Å²) in [6.07, 6.45) is 0.890. The van der Waals surface area contributed by atoms with E-state index < -0.39 is 0 Å². The summed E-state index contributed by atoms with van der Waals surface area (Å²) in [6.45, 7) is 6.52.